The zero-order valence-electron chi connectivity index (χ0n) is 7.54. The van der Waals surface area contributed by atoms with Crippen molar-refractivity contribution >= 4 is 6.41 Å². The second-order valence-corrected chi connectivity index (χ2v) is 3.54. The van der Waals surface area contributed by atoms with E-state index in [1.54, 1.807) is 0 Å². The van der Waals surface area contributed by atoms with E-state index in [1.165, 1.54) is 12.8 Å². The summed E-state index contributed by atoms with van der Waals surface area (Å²) >= 11 is 0. The van der Waals surface area contributed by atoms with Crippen molar-refractivity contribution in [3.05, 3.63) is 0 Å². The van der Waals surface area contributed by atoms with E-state index in [1.807, 2.05) is 4.90 Å². The first-order valence-electron chi connectivity index (χ1n) is 4.76. The molecule has 0 radical (unpaired) electrons. The second kappa shape index (κ2) is 5.14. The van der Waals surface area contributed by atoms with Gasteiger partial charge in [-0.3, -0.25) is 4.79 Å². The fourth-order valence-corrected chi connectivity index (χ4v) is 1.84. The number of amides is 1. The van der Waals surface area contributed by atoms with Crippen LogP contribution in [0.1, 0.15) is 25.7 Å². The summed E-state index contributed by atoms with van der Waals surface area (Å²) < 4.78 is 0. The van der Waals surface area contributed by atoms with Gasteiger partial charge in [-0.1, -0.05) is 0 Å². The molecule has 3 heteroatoms. The third-order valence-corrected chi connectivity index (χ3v) is 2.52. The van der Waals surface area contributed by atoms with E-state index in [0.717, 1.165) is 38.9 Å². The highest BCUT2D eigenvalue weighted by Crippen LogP contribution is 2.19. The van der Waals surface area contributed by atoms with Crippen LogP contribution >= 0.6 is 0 Å². The first-order valence-corrected chi connectivity index (χ1v) is 4.76. The van der Waals surface area contributed by atoms with Gasteiger partial charge < -0.3 is 10.6 Å². The molecule has 1 amide bonds. The molecule has 0 bridgehead atoms. The van der Waals surface area contributed by atoms with Crippen LogP contribution in [0, 0.1) is 5.92 Å². The Labute approximate surface area is 73.9 Å². The Hall–Kier alpha value is -0.570. The number of carbonyl (C=O) groups is 1. The molecule has 1 unspecified atom stereocenters. The maximum absolute atomic E-state index is 10.5. The summed E-state index contributed by atoms with van der Waals surface area (Å²) in [6, 6.07) is 0. The zero-order valence-corrected chi connectivity index (χ0v) is 7.54. The smallest absolute Gasteiger partial charge is 0.209 e. The summed E-state index contributed by atoms with van der Waals surface area (Å²) in [5.74, 6) is 0.701. The van der Waals surface area contributed by atoms with E-state index in [9.17, 15) is 4.79 Å². The topological polar surface area (TPSA) is 46.3 Å². The van der Waals surface area contributed by atoms with Gasteiger partial charge in [0.15, 0.2) is 0 Å². The normalized spacial score (nSPS) is 24.1. The summed E-state index contributed by atoms with van der Waals surface area (Å²) in [4.78, 5) is 12.4. The minimum absolute atomic E-state index is 0.701. The fraction of sp³-hybridized carbons (Fsp3) is 0.889. The van der Waals surface area contributed by atoms with Crippen molar-refractivity contribution in [2.24, 2.45) is 11.7 Å². The maximum Gasteiger partial charge on any atom is 0.209 e. The monoisotopic (exact) mass is 170 g/mol. The molecule has 12 heavy (non-hydrogen) atoms. The molecular weight excluding hydrogens is 152 g/mol. The second-order valence-electron chi connectivity index (χ2n) is 3.54. The van der Waals surface area contributed by atoms with E-state index in [-0.39, 0.29) is 0 Å². The zero-order chi connectivity index (χ0) is 8.81. The lowest BCUT2D eigenvalue weighted by Crippen LogP contribution is -2.34. The number of likely N-dealkylation sites (tertiary alicyclic amines) is 1. The molecule has 0 aromatic heterocycles. The molecule has 0 aliphatic carbocycles. The van der Waals surface area contributed by atoms with Gasteiger partial charge in [-0.25, -0.2) is 0 Å². The molecule has 0 spiro atoms. The van der Waals surface area contributed by atoms with Gasteiger partial charge in [0.05, 0.1) is 0 Å². The Bertz CT molecular complexity index is 138. The Morgan fingerprint density at radius 2 is 2.42 bits per heavy atom. The van der Waals surface area contributed by atoms with Gasteiger partial charge in [0.2, 0.25) is 6.41 Å². The molecule has 2 N–H and O–H groups in total. The predicted octanol–water partition coefficient (Wildman–Crippen LogP) is 0.594. The molecule has 1 atom stereocenters. The standard InChI is InChI=1S/C9H18N2O/c10-5-1-3-9-4-2-6-11(7-9)8-12/h8-9H,1-7,10H2. The van der Waals surface area contributed by atoms with Crippen molar-refractivity contribution in [2.75, 3.05) is 19.6 Å². The highest BCUT2D eigenvalue weighted by Gasteiger charge is 2.17. The van der Waals surface area contributed by atoms with Crippen molar-refractivity contribution in [3.63, 3.8) is 0 Å². The van der Waals surface area contributed by atoms with Crippen molar-refractivity contribution in [3.8, 4) is 0 Å². The SMILES string of the molecule is NCCCC1CCCN(C=O)C1. The first-order chi connectivity index (χ1) is 5.86. The van der Waals surface area contributed by atoms with Gasteiger partial charge >= 0.3 is 0 Å². The number of carbonyl (C=O) groups excluding carboxylic acids is 1. The lowest BCUT2D eigenvalue weighted by atomic mass is 9.94. The van der Waals surface area contributed by atoms with E-state index in [2.05, 4.69) is 0 Å². The Balaban J connectivity index is 2.20. The van der Waals surface area contributed by atoms with Crippen LogP contribution in [0.15, 0.2) is 0 Å². The number of rotatable bonds is 4. The maximum atomic E-state index is 10.5. The van der Waals surface area contributed by atoms with Crippen LogP contribution in [0.4, 0.5) is 0 Å². The average Bonchev–Trinajstić information content (AvgIpc) is 2.15. The quantitative estimate of drug-likeness (QED) is 0.628. The van der Waals surface area contributed by atoms with Crippen LogP contribution in [0.2, 0.25) is 0 Å². The van der Waals surface area contributed by atoms with Crippen LogP contribution in [-0.4, -0.2) is 30.9 Å². The van der Waals surface area contributed by atoms with Crippen LogP contribution in [0.25, 0.3) is 0 Å². The molecule has 0 saturated carbocycles. The lowest BCUT2D eigenvalue weighted by Gasteiger charge is -2.29. The molecule has 1 heterocycles. The molecule has 70 valence electrons. The molecule has 3 nitrogen and oxygen atoms in total. The van der Waals surface area contributed by atoms with Gasteiger partial charge in [0, 0.05) is 13.1 Å². The minimum Gasteiger partial charge on any atom is -0.345 e. The van der Waals surface area contributed by atoms with E-state index in [0.29, 0.717) is 5.92 Å². The summed E-state index contributed by atoms with van der Waals surface area (Å²) in [5, 5.41) is 0. The van der Waals surface area contributed by atoms with Crippen LogP contribution < -0.4 is 5.73 Å². The van der Waals surface area contributed by atoms with Crippen molar-refractivity contribution in [2.45, 2.75) is 25.7 Å². The predicted molar refractivity (Wildman–Crippen MR) is 48.6 cm³/mol. The molecule has 1 aliphatic rings. The fourth-order valence-electron chi connectivity index (χ4n) is 1.84. The molecule has 1 fully saturated rings. The van der Waals surface area contributed by atoms with E-state index >= 15 is 0 Å². The van der Waals surface area contributed by atoms with Gasteiger partial charge in [-0.05, 0) is 38.1 Å². The van der Waals surface area contributed by atoms with E-state index in [4.69, 9.17) is 5.73 Å². The molecule has 0 aromatic rings. The molecule has 1 rings (SSSR count). The summed E-state index contributed by atoms with van der Waals surface area (Å²) in [6.45, 7) is 2.67. The molecular formula is C9H18N2O. The summed E-state index contributed by atoms with van der Waals surface area (Å²) in [5.41, 5.74) is 5.43. The van der Waals surface area contributed by atoms with Crippen LogP contribution in [0.5, 0.6) is 0 Å². The number of hydrogen-bond acceptors (Lipinski definition) is 2. The number of hydrogen-bond donors (Lipinski definition) is 1. The van der Waals surface area contributed by atoms with Crippen molar-refractivity contribution in [1.29, 1.82) is 0 Å². The van der Waals surface area contributed by atoms with Gasteiger partial charge in [-0.15, -0.1) is 0 Å². The van der Waals surface area contributed by atoms with Crippen molar-refractivity contribution < 1.29 is 4.79 Å². The third kappa shape index (κ3) is 2.81. The van der Waals surface area contributed by atoms with Crippen LogP contribution in [-0.2, 0) is 4.79 Å². The average molecular weight is 170 g/mol. The van der Waals surface area contributed by atoms with E-state index < -0.39 is 0 Å². The van der Waals surface area contributed by atoms with Crippen molar-refractivity contribution in [1.82, 2.24) is 4.90 Å². The first kappa shape index (κ1) is 9.52. The summed E-state index contributed by atoms with van der Waals surface area (Å²) in [7, 11) is 0. The molecule has 0 aromatic carbocycles. The Kier molecular flexibility index (Phi) is 4.08. The third-order valence-electron chi connectivity index (χ3n) is 2.52. The Morgan fingerprint density at radius 3 is 3.08 bits per heavy atom. The van der Waals surface area contributed by atoms with Crippen LogP contribution in [0.3, 0.4) is 0 Å². The number of nitrogens with two attached hydrogens (primary N) is 1. The molecule has 1 aliphatic heterocycles. The lowest BCUT2D eigenvalue weighted by molar-refractivity contribution is -0.119. The molecule has 1 saturated heterocycles. The minimum atomic E-state index is 0.701. The number of piperidine rings is 1. The van der Waals surface area contributed by atoms with Gasteiger partial charge in [-0.2, -0.15) is 0 Å². The van der Waals surface area contributed by atoms with Gasteiger partial charge in [0.1, 0.15) is 0 Å². The largest absolute Gasteiger partial charge is 0.345 e. The number of nitrogens with zero attached hydrogens (tertiary/aromatic N) is 1. The Morgan fingerprint density at radius 1 is 1.58 bits per heavy atom. The summed E-state index contributed by atoms with van der Waals surface area (Å²) in [6.07, 6.45) is 5.67. The highest BCUT2D eigenvalue weighted by molar-refractivity contribution is 5.47. The highest BCUT2D eigenvalue weighted by atomic mass is 16.1. The van der Waals surface area contributed by atoms with Gasteiger partial charge in [0.25, 0.3) is 0 Å².